The van der Waals surface area contributed by atoms with Crippen molar-refractivity contribution in [2.24, 2.45) is 5.73 Å². The van der Waals surface area contributed by atoms with Crippen LogP contribution in [-0.2, 0) is 4.79 Å². The van der Waals surface area contributed by atoms with E-state index < -0.39 is 0 Å². The van der Waals surface area contributed by atoms with Gasteiger partial charge in [-0.15, -0.1) is 23.7 Å². The van der Waals surface area contributed by atoms with E-state index >= 15 is 0 Å². The number of hydrogen-bond donors (Lipinski definition) is 2. The fraction of sp³-hybridized carbons (Fsp3) is 0.133. The molecule has 0 saturated carbocycles. The fourth-order valence-electron chi connectivity index (χ4n) is 1.99. The van der Waals surface area contributed by atoms with Gasteiger partial charge in [-0.2, -0.15) is 0 Å². The van der Waals surface area contributed by atoms with Crippen LogP contribution in [0.25, 0.3) is 20.8 Å². The minimum absolute atomic E-state index is 0. The van der Waals surface area contributed by atoms with Gasteiger partial charge in [0.15, 0.2) is 0 Å². The van der Waals surface area contributed by atoms with Gasteiger partial charge >= 0.3 is 0 Å². The van der Waals surface area contributed by atoms with Crippen molar-refractivity contribution in [1.82, 2.24) is 9.97 Å². The number of aromatic nitrogens is 2. The molecule has 8 heteroatoms. The number of nitrogens with one attached hydrogen (secondary N) is 1. The van der Waals surface area contributed by atoms with E-state index in [0.717, 1.165) is 26.5 Å². The van der Waals surface area contributed by atoms with Crippen LogP contribution in [0, 0.1) is 0 Å². The van der Waals surface area contributed by atoms with Gasteiger partial charge in [0.2, 0.25) is 5.91 Å². The molecule has 0 aliphatic heterocycles. The number of pyridine rings is 1. The molecule has 3 rings (SSSR count). The second-order valence-corrected chi connectivity index (χ2v) is 5.60. The molecule has 23 heavy (non-hydrogen) atoms. The van der Waals surface area contributed by atoms with E-state index in [0.29, 0.717) is 5.69 Å². The zero-order valence-corrected chi connectivity index (χ0v) is 13.9. The van der Waals surface area contributed by atoms with Crippen LogP contribution >= 0.6 is 23.7 Å². The highest BCUT2D eigenvalue weighted by atomic mass is 35.5. The number of methoxy groups -OCH3 is 1. The van der Waals surface area contributed by atoms with Gasteiger partial charge in [0.1, 0.15) is 10.8 Å². The smallest absolute Gasteiger partial charge is 0.238 e. The highest BCUT2D eigenvalue weighted by molar-refractivity contribution is 7.21. The van der Waals surface area contributed by atoms with Gasteiger partial charge < -0.3 is 15.8 Å². The van der Waals surface area contributed by atoms with Gasteiger partial charge in [-0.25, -0.2) is 4.98 Å². The third kappa shape index (κ3) is 3.76. The van der Waals surface area contributed by atoms with Crippen molar-refractivity contribution >= 4 is 45.6 Å². The summed E-state index contributed by atoms with van der Waals surface area (Å²) in [5, 5.41) is 3.52. The fourth-order valence-corrected chi connectivity index (χ4v) is 2.92. The summed E-state index contributed by atoms with van der Waals surface area (Å²) in [5.74, 6) is 0.513. The summed E-state index contributed by atoms with van der Waals surface area (Å²) in [6, 6.07) is 7.60. The number of nitrogens with zero attached hydrogens (tertiary/aromatic N) is 2. The van der Waals surface area contributed by atoms with Gasteiger partial charge in [0, 0.05) is 17.8 Å². The summed E-state index contributed by atoms with van der Waals surface area (Å²) in [5.41, 5.74) is 7.61. The number of carbonyl (C=O) groups excluding carboxylic acids is 1. The Labute approximate surface area is 143 Å². The Hall–Kier alpha value is -2.22. The first kappa shape index (κ1) is 17.1. The Morgan fingerprint density at radius 1 is 1.35 bits per heavy atom. The van der Waals surface area contributed by atoms with Crippen LogP contribution in [0.4, 0.5) is 5.69 Å². The highest BCUT2D eigenvalue weighted by Crippen LogP contribution is 2.32. The van der Waals surface area contributed by atoms with Crippen molar-refractivity contribution in [2.75, 3.05) is 19.0 Å². The monoisotopic (exact) mass is 350 g/mol. The maximum Gasteiger partial charge on any atom is 0.238 e. The molecule has 1 aromatic carbocycles. The van der Waals surface area contributed by atoms with Crippen LogP contribution in [0.2, 0.25) is 0 Å². The Bertz CT molecular complexity index is 837. The second-order valence-electron chi connectivity index (χ2n) is 4.57. The summed E-state index contributed by atoms with van der Waals surface area (Å²) in [7, 11) is 1.63. The molecule has 0 atom stereocenters. The molecular formula is C15H15ClN4O2S. The summed E-state index contributed by atoms with van der Waals surface area (Å²) in [6.07, 6.45) is 3.29. The molecule has 2 aromatic heterocycles. The largest absolute Gasteiger partial charge is 0.497 e. The average Bonchev–Trinajstić information content (AvgIpc) is 2.98. The lowest BCUT2D eigenvalue weighted by molar-refractivity contribution is -0.114. The zero-order valence-electron chi connectivity index (χ0n) is 12.3. The Kier molecular flexibility index (Phi) is 5.49. The normalized spacial score (nSPS) is 10.2. The van der Waals surface area contributed by atoms with E-state index in [9.17, 15) is 4.79 Å². The molecule has 0 saturated heterocycles. The number of thiazole rings is 1. The van der Waals surface area contributed by atoms with Crippen LogP contribution < -0.4 is 15.8 Å². The van der Waals surface area contributed by atoms with Crippen LogP contribution in [0.3, 0.4) is 0 Å². The number of rotatable bonds is 4. The zero-order chi connectivity index (χ0) is 15.5. The van der Waals surface area contributed by atoms with E-state index in [-0.39, 0.29) is 24.9 Å². The average molecular weight is 351 g/mol. The number of ether oxygens (including phenoxy) is 1. The lowest BCUT2D eigenvalue weighted by atomic mass is 10.2. The first-order valence-electron chi connectivity index (χ1n) is 6.59. The summed E-state index contributed by atoms with van der Waals surface area (Å²) >= 11 is 1.56. The first-order valence-corrected chi connectivity index (χ1v) is 7.41. The number of hydrogen-bond acceptors (Lipinski definition) is 6. The molecule has 3 N–H and O–H groups in total. The third-order valence-corrected chi connectivity index (χ3v) is 4.13. The molecule has 0 bridgehead atoms. The van der Waals surface area contributed by atoms with E-state index in [1.54, 1.807) is 30.8 Å². The molecule has 0 aliphatic rings. The molecular weight excluding hydrogens is 336 g/mol. The SMILES string of the molecule is COc1ccc2sc(-c3cncc(NC(=O)CN)c3)nc2c1.Cl. The predicted molar refractivity (Wildman–Crippen MR) is 94.3 cm³/mol. The van der Waals surface area contributed by atoms with Crippen molar-refractivity contribution in [1.29, 1.82) is 0 Å². The topological polar surface area (TPSA) is 90.1 Å². The molecule has 6 nitrogen and oxygen atoms in total. The molecule has 0 spiro atoms. The van der Waals surface area contributed by atoms with Crippen molar-refractivity contribution in [2.45, 2.75) is 0 Å². The van der Waals surface area contributed by atoms with Gasteiger partial charge in [-0.1, -0.05) is 0 Å². The van der Waals surface area contributed by atoms with Crippen molar-refractivity contribution < 1.29 is 9.53 Å². The predicted octanol–water partition coefficient (Wildman–Crippen LogP) is 2.69. The number of amides is 1. The number of fused-ring (bicyclic) bond motifs is 1. The molecule has 1 amide bonds. The number of benzene rings is 1. The van der Waals surface area contributed by atoms with Crippen LogP contribution in [-0.4, -0.2) is 29.5 Å². The highest BCUT2D eigenvalue weighted by Gasteiger charge is 2.09. The molecule has 3 aromatic rings. The van der Waals surface area contributed by atoms with Gasteiger partial charge in [0.25, 0.3) is 0 Å². The van der Waals surface area contributed by atoms with E-state index in [1.807, 2.05) is 24.3 Å². The molecule has 0 unspecified atom stereocenters. The number of carbonyl (C=O) groups is 1. The summed E-state index contributed by atoms with van der Waals surface area (Å²) < 4.78 is 6.27. The maximum atomic E-state index is 11.3. The Balaban J connectivity index is 0.00000192. The van der Waals surface area contributed by atoms with Crippen LogP contribution in [0.15, 0.2) is 36.7 Å². The number of anilines is 1. The van der Waals surface area contributed by atoms with E-state index in [4.69, 9.17) is 10.5 Å². The van der Waals surface area contributed by atoms with Crippen molar-refractivity contribution in [3.63, 3.8) is 0 Å². The van der Waals surface area contributed by atoms with Gasteiger partial charge in [-0.05, 0) is 18.2 Å². The summed E-state index contributed by atoms with van der Waals surface area (Å²) in [6.45, 7) is -0.0643. The van der Waals surface area contributed by atoms with Crippen LogP contribution in [0.1, 0.15) is 0 Å². The van der Waals surface area contributed by atoms with E-state index in [1.165, 1.54) is 0 Å². The molecule has 120 valence electrons. The molecule has 0 radical (unpaired) electrons. The first-order chi connectivity index (χ1) is 10.7. The van der Waals surface area contributed by atoms with E-state index in [2.05, 4.69) is 15.3 Å². The molecule has 0 aliphatic carbocycles. The van der Waals surface area contributed by atoms with Gasteiger partial charge in [-0.3, -0.25) is 9.78 Å². The third-order valence-electron chi connectivity index (χ3n) is 3.05. The molecule has 2 heterocycles. The quantitative estimate of drug-likeness (QED) is 0.755. The lowest BCUT2D eigenvalue weighted by Crippen LogP contribution is -2.21. The van der Waals surface area contributed by atoms with Crippen molar-refractivity contribution in [3.8, 4) is 16.3 Å². The second kappa shape index (κ2) is 7.36. The number of nitrogens with two attached hydrogens (primary N) is 1. The Morgan fingerprint density at radius 3 is 2.91 bits per heavy atom. The molecule has 0 fully saturated rings. The number of halogens is 1. The Morgan fingerprint density at radius 2 is 2.17 bits per heavy atom. The summed E-state index contributed by atoms with van der Waals surface area (Å²) in [4.78, 5) is 20.1. The minimum atomic E-state index is -0.256. The standard InChI is InChI=1S/C15H14N4O2S.ClH/c1-21-11-2-3-13-12(5-11)19-15(22-13)9-4-10(8-17-7-9)18-14(20)6-16;/h2-5,7-8H,6,16H2,1H3,(H,18,20);1H. The van der Waals surface area contributed by atoms with Crippen molar-refractivity contribution in [3.05, 3.63) is 36.7 Å². The minimum Gasteiger partial charge on any atom is -0.497 e. The van der Waals surface area contributed by atoms with Gasteiger partial charge in [0.05, 0.1) is 35.8 Å². The lowest BCUT2D eigenvalue weighted by Gasteiger charge is -2.03. The van der Waals surface area contributed by atoms with Crippen LogP contribution in [0.5, 0.6) is 5.75 Å². The maximum absolute atomic E-state index is 11.3.